The summed E-state index contributed by atoms with van der Waals surface area (Å²) in [4.78, 5) is 14.1. The fourth-order valence-electron chi connectivity index (χ4n) is 2.32. The fourth-order valence-corrected chi connectivity index (χ4v) is 2.32. The molecule has 0 aromatic rings. The van der Waals surface area contributed by atoms with E-state index in [1.165, 1.54) is 0 Å². The van der Waals surface area contributed by atoms with Gasteiger partial charge in [0.1, 0.15) is 6.10 Å². The number of nitrogens with zero attached hydrogens (tertiary/aromatic N) is 1. The minimum atomic E-state index is -0.207. The Morgan fingerprint density at radius 1 is 1.35 bits per heavy atom. The molecule has 1 saturated heterocycles. The predicted octanol–water partition coefficient (Wildman–Crippen LogP) is 1.40. The van der Waals surface area contributed by atoms with Gasteiger partial charge in [0.15, 0.2) is 0 Å². The summed E-state index contributed by atoms with van der Waals surface area (Å²) in [7, 11) is 0. The van der Waals surface area contributed by atoms with Crippen molar-refractivity contribution in [3.63, 3.8) is 0 Å². The largest absolute Gasteiger partial charge is 0.368 e. The molecule has 0 aromatic carbocycles. The molecule has 1 heterocycles. The van der Waals surface area contributed by atoms with Gasteiger partial charge in [-0.15, -0.1) is 0 Å². The van der Waals surface area contributed by atoms with Gasteiger partial charge in [-0.25, -0.2) is 0 Å². The predicted molar refractivity (Wildman–Crippen MR) is 69.0 cm³/mol. The first-order valence-corrected chi connectivity index (χ1v) is 6.67. The van der Waals surface area contributed by atoms with E-state index in [-0.39, 0.29) is 12.0 Å². The van der Waals surface area contributed by atoms with E-state index < -0.39 is 0 Å². The Kier molecular flexibility index (Phi) is 5.92. The normalized spacial score (nSPS) is 20.5. The number of ether oxygens (including phenoxy) is 1. The molecule has 0 aliphatic carbocycles. The standard InChI is InChI=1S/C13H26N2O2/c1-10(2)15(11(3)4)8-7-14-13(16)12-6-5-9-17-12/h10-12H,5-9H2,1-4H3,(H,14,16)/t12-/m0/s1. The number of nitrogens with one attached hydrogen (secondary N) is 1. The van der Waals surface area contributed by atoms with Gasteiger partial charge in [0.2, 0.25) is 5.91 Å². The first kappa shape index (κ1) is 14.5. The van der Waals surface area contributed by atoms with Crippen LogP contribution in [0.5, 0.6) is 0 Å². The number of hydrogen-bond acceptors (Lipinski definition) is 3. The average Bonchev–Trinajstić information content (AvgIpc) is 2.76. The molecule has 0 spiro atoms. The molecule has 4 nitrogen and oxygen atoms in total. The number of amides is 1. The molecule has 0 aromatic heterocycles. The fraction of sp³-hybridized carbons (Fsp3) is 0.923. The van der Waals surface area contributed by atoms with E-state index >= 15 is 0 Å². The second-order valence-electron chi connectivity index (χ2n) is 5.22. The summed E-state index contributed by atoms with van der Waals surface area (Å²) in [5.74, 6) is 0.0509. The van der Waals surface area contributed by atoms with Gasteiger partial charge in [0.25, 0.3) is 0 Å². The van der Waals surface area contributed by atoms with Crippen LogP contribution >= 0.6 is 0 Å². The van der Waals surface area contributed by atoms with E-state index in [0.717, 1.165) is 26.0 Å². The SMILES string of the molecule is CC(C)N(CCNC(=O)[C@@H]1CCCO1)C(C)C. The van der Waals surface area contributed by atoms with Gasteiger partial charge >= 0.3 is 0 Å². The summed E-state index contributed by atoms with van der Waals surface area (Å²) in [6.45, 7) is 11.1. The van der Waals surface area contributed by atoms with Crippen LogP contribution < -0.4 is 5.32 Å². The molecule has 100 valence electrons. The molecule has 0 unspecified atom stereocenters. The topological polar surface area (TPSA) is 41.6 Å². The number of carbonyl (C=O) groups excluding carboxylic acids is 1. The van der Waals surface area contributed by atoms with Crippen LogP contribution in [0.3, 0.4) is 0 Å². The maximum Gasteiger partial charge on any atom is 0.249 e. The Labute approximate surface area is 105 Å². The van der Waals surface area contributed by atoms with Crippen molar-refractivity contribution in [1.82, 2.24) is 10.2 Å². The smallest absolute Gasteiger partial charge is 0.249 e. The van der Waals surface area contributed by atoms with Gasteiger partial charge < -0.3 is 10.1 Å². The molecule has 17 heavy (non-hydrogen) atoms. The Balaban J connectivity index is 2.23. The van der Waals surface area contributed by atoms with Crippen molar-refractivity contribution in [2.45, 2.75) is 58.7 Å². The second-order valence-corrected chi connectivity index (χ2v) is 5.22. The minimum Gasteiger partial charge on any atom is -0.368 e. The second kappa shape index (κ2) is 6.97. The maximum absolute atomic E-state index is 11.7. The highest BCUT2D eigenvalue weighted by molar-refractivity contribution is 5.80. The Bertz CT molecular complexity index is 228. The van der Waals surface area contributed by atoms with Gasteiger partial charge in [-0.05, 0) is 40.5 Å². The molecule has 1 aliphatic rings. The van der Waals surface area contributed by atoms with Crippen molar-refractivity contribution in [3.8, 4) is 0 Å². The molecule has 1 rings (SSSR count). The lowest BCUT2D eigenvalue weighted by Gasteiger charge is -2.30. The van der Waals surface area contributed by atoms with E-state index in [9.17, 15) is 4.79 Å². The van der Waals surface area contributed by atoms with Crippen LogP contribution in [0, 0.1) is 0 Å². The maximum atomic E-state index is 11.7. The Morgan fingerprint density at radius 3 is 2.47 bits per heavy atom. The van der Waals surface area contributed by atoms with Crippen LogP contribution in [0.4, 0.5) is 0 Å². The number of carbonyl (C=O) groups is 1. The molecule has 1 N–H and O–H groups in total. The Hall–Kier alpha value is -0.610. The summed E-state index contributed by atoms with van der Waals surface area (Å²) >= 11 is 0. The molecule has 1 aliphatic heterocycles. The van der Waals surface area contributed by atoms with Crippen molar-refractivity contribution < 1.29 is 9.53 Å². The van der Waals surface area contributed by atoms with Crippen molar-refractivity contribution >= 4 is 5.91 Å². The molecule has 0 radical (unpaired) electrons. The zero-order chi connectivity index (χ0) is 12.8. The number of rotatable bonds is 6. The first-order chi connectivity index (χ1) is 8.02. The van der Waals surface area contributed by atoms with Gasteiger partial charge in [-0.3, -0.25) is 9.69 Å². The van der Waals surface area contributed by atoms with E-state index in [1.807, 2.05) is 0 Å². The van der Waals surface area contributed by atoms with E-state index in [0.29, 0.717) is 18.6 Å². The molecule has 1 fully saturated rings. The molecule has 4 heteroatoms. The van der Waals surface area contributed by atoms with Crippen LogP contribution in [0.1, 0.15) is 40.5 Å². The van der Waals surface area contributed by atoms with Crippen LogP contribution in [-0.4, -0.2) is 48.7 Å². The quantitative estimate of drug-likeness (QED) is 0.765. The molecular weight excluding hydrogens is 216 g/mol. The molecule has 1 atom stereocenters. The summed E-state index contributed by atoms with van der Waals surface area (Å²) in [5, 5.41) is 2.96. The Morgan fingerprint density at radius 2 is 2.00 bits per heavy atom. The number of hydrogen-bond donors (Lipinski definition) is 1. The molecule has 0 bridgehead atoms. The molecular formula is C13H26N2O2. The summed E-state index contributed by atoms with van der Waals surface area (Å²) < 4.78 is 5.34. The molecule has 0 saturated carbocycles. The third kappa shape index (κ3) is 4.64. The van der Waals surface area contributed by atoms with E-state index in [4.69, 9.17) is 4.74 Å². The van der Waals surface area contributed by atoms with Crippen LogP contribution in [-0.2, 0) is 9.53 Å². The van der Waals surface area contributed by atoms with E-state index in [1.54, 1.807) is 0 Å². The average molecular weight is 242 g/mol. The van der Waals surface area contributed by atoms with Crippen LogP contribution in [0.2, 0.25) is 0 Å². The van der Waals surface area contributed by atoms with Crippen LogP contribution in [0.15, 0.2) is 0 Å². The lowest BCUT2D eigenvalue weighted by atomic mass is 10.2. The summed E-state index contributed by atoms with van der Waals surface area (Å²) in [6, 6.07) is 1.02. The van der Waals surface area contributed by atoms with Crippen LogP contribution in [0.25, 0.3) is 0 Å². The highest BCUT2D eigenvalue weighted by atomic mass is 16.5. The molecule has 1 amide bonds. The van der Waals surface area contributed by atoms with Crippen molar-refractivity contribution in [3.05, 3.63) is 0 Å². The summed E-state index contributed by atoms with van der Waals surface area (Å²) in [6.07, 6.45) is 1.66. The zero-order valence-corrected chi connectivity index (χ0v) is 11.5. The third-order valence-corrected chi connectivity index (χ3v) is 3.22. The zero-order valence-electron chi connectivity index (χ0n) is 11.5. The van der Waals surface area contributed by atoms with E-state index in [2.05, 4.69) is 37.9 Å². The highest BCUT2D eigenvalue weighted by Gasteiger charge is 2.23. The van der Waals surface area contributed by atoms with Gasteiger partial charge in [0, 0.05) is 31.8 Å². The van der Waals surface area contributed by atoms with Gasteiger partial charge in [-0.2, -0.15) is 0 Å². The highest BCUT2D eigenvalue weighted by Crippen LogP contribution is 2.11. The third-order valence-electron chi connectivity index (χ3n) is 3.22. The lowest BCUT2D eigenvalue weighted by molar-refractivity contribution is -0.130. The van der Waals surface area contributed by atoms with Crippen molar-refractivity contribution in [1.29, 1.82) is 0 Å². The summed E-state index contributed by atoms with van der Waals surface area (Å²) in [5.41, 5.74) is 0. The monoisotopic (exact) mass is 242 g/mol. The minimum absolute atomic E-state index is 0.0509. The lowest BCUT2D eigenvalue weighted by Crippen LogP contribution is -2.44. The van der Waals surface area contributed by atoms with Crippen molar-refractivity contribution in [2.75, 3.05) is 19.7 Å². The van der Waals surface area contributed by atoms with Gasteiger partial charge in [-0.1, -0.05) is 0 Å². The van der Waals surface area contributed by atoms with Crippen molar-refractivity contribution in [2.24, 2.45) is 0 Å². The van der Waals surface area contributed by atoms with Gasteiger partial charge in [0.05, 0.1) is 0 Å². The first-order valence-electron chi connectivity index (χ1n) is 6.67.